The average Bonchev–Trinajstić information content (AvgIpc) is 2.83. The molecular weight excluding hydrogens is 530 g/mol. The third-order valence-electron chi connectivity index (χ3n) is 6.06. The van der Waals surface area contributed by atoms with Gasteiger partial charge in [-0.2, -0.15) is 0 Å². The topological polar surface area (TPSA) is 90.1 Å². The fourth-order valence-corrected chi connectivity index (χ4v) is 4.32. The van der Waals surface area contributed by atoms with Crippen LogP contribution >= 0.6 is 11.6 Å². The highest BCUT2D eigenvalue weighted by Gasteiger charge is 2.31. The van der Waals surface area contributed by atoms with Crippen molar-refractivity contribution >= 4 is 27.3 Å². The Balaban J connectivity index is 1.83. The van der Waals surface area contributed by atoms with Crippen LogP contribution in [0, 0.1) is 31.3 Å². The molecule has 4 aromatic heterocycles. The number of aromatic nitrogens is 4. The Bertz CT molecular complexity index is 1660. The first-order valence-electron chi connectivity index (χ1n) is 11.9. The first kappa shape index (κ1) is 28.4. The van der Waals surface area contributed by atoms with Crippen LogP contribution in [0.25, 0.3) is 17.1 Å². The van der Waals surface area contributed by atoms with Crippen molar-refractivity contribution in [2.45, 2.75) is 38.7 Å². The molecule has 0 radical (unpaired) electrons. The lowest BCUT2D eigenvalue weighted by molar-refractivity contribution is 0.0739. The Morgan fingerprint density at radius 2 is 1.77 bits per heavy atom. The Labute approximate surface area is 229 Å². The number of pyridine rings is 4. The van der Waals surface area contributed by atoms with Crippen LogP contribution in [0.2, 0.25) is 5.02 Å². The molecule has 4 rings (SSSR count). The van der Waals surface area contributed by atoms with Gasteiger partial charge < -0.3 is 9.84 Å². The third-order valence-corrected chi connectivity index (χ3v) is 6.41. The number of nitrogens with zero attached hydrogens (tertiary/aromatic N) is 4. The molecule has 0 saturated carbocycles. The molecule has 7 nitrogen and oxygen atoms in total. The fraction of sp³-hybridized carbons (Fsp3) is 0.231. The molecule has 13 heteroatoms. The second kappa shape index (κ2) is 10.2. The van der Waals surface area contributed by atoms with Gasteiger partial charge in [0.2, 0.25) is 0 Å². The SMILES string of the molecule is BC(B)(Oc1cc(C)n(-c2c(C)cnc(-c3cccc(C(C)(C)O)n3)c2F)c(=O)c1Cl)c1ncc(F)cc1F. The van der Waals surface area contributed by atoms with Crippen LogP contribution in [0.3, 0.4) is 0 Å². The maximum absolute atomic E-state index is 16.0. The predicted octanol–water partition coefficient (Wildman–Crippen LogP) is 3.06. The molecule has 1 N–H and O–H groups in total. The molecule has 0 aliphatic heterocycles. The number of rotatable bonds is 6. The van der Waals surface area contributed by atoms with Gasteiger partial charge in [0.1, 0.15) is 39.4 Å². The van der Waals surface area contributed by atoms with Gasteiger partial charge in [0.05, 0.1) is 28.7 Å². The molecule has 0 aliphatic rings. The molecule has 0 saturated heterocycles. The number of aliphatic hydroxyl groups is 1. The Morgan fingerprint density at radius 1 is 1.08 bits per heavy atom. The lowest BCUT2D eigenvalue weighted by atomic mass is 9.62. The summed E-state index contributed by atoms with van der Waals surface area (Å²) in [6.07, 6.45) is 2.26. The van der Waals surface area contributed by atoms with E-state index in [2.05, 4.69) is 15.0 Å². The molecule has 0 aliphatic carbocycles. The van der Waals surface area contributed by atoms with Gasteiger partial charge in [0.15, 0.2) is 21.5 Å². The van der Waals surface area contributed by atoms with Crippen molar-refractivity contribution in [2.75, 3.05) is 0 Å². The molecule has 0 unspecified atom stereocenters. The van der Waals surface area contributed by atoms with Crippen molar-refractivity contribution in [3.63, 3.8) is 0 Å². The highest BCUT2D eigenvalue weighted by Crippen LogP contribution is 2.32. The number of halogens is 4. The monoisotopic (exact) mass is 554 g/mol. The quantitative estimate of drug-likeness (QED) is 0.369. The zero-order valence-corrected chi connectivity index (χ0v) is 22.9. The van der Waals surface area contributed by atoms with E-state index < -0.39 is 34.0 Å². The van der Waals surface area contributed by atoms with Gasteiger partial charge in [-0.25, -0.2) is 18.2 Å². The molecule has 0 fully saturated rings. The van der Waals surface area contributed by atoms with E-state index in [-0.39, 0.29) is 39.2 Å². The molecule has 0 atom stereocenters. The van der Waals surface area contributed by atoms with Crippen LogP contribution in [-0.4, -0.2) is 40.3 Å². The highest BCUT2D eigenvalue weighted by molar-refractivity contribution is 6.39. The lowest BCUT2D eigenvalue weighted by Gasteiger charge is -2.28. The largest absolute Gasteiger partial charge is 0.498 e. The highest BCUT2D eigenvalue weighted by atomic mass is 35.5. The van der Waals surface area contributed by atoms with Gasteiger partial charge in [-0.15, -0.1) is 0 Å². The van der Waals surface area contributed by atoms with Gasteiger partial charge in [-0.3, -0.25) is 19.3 Å². The summed E-state index contributed by atoms with van der Waals surface area (Å²) < 4.78 is 50.7. The van der Waals surface area contributed by atoms with Crippen molar-refractivity contribution in [2.24, 2.45) is 0 Å². The average molecular weight is 555 g/mol. The van der Waals surface area contributed by atoms with Crippen LogP contribution in [0.1, 0.15) is 36.5 Å². The van der Waals surface area contributed by atoms with Crippen molar-refractivity contribution < 1.29 is 23.0 Å². The molecule has 4 aromatic rings. The van der Waals surface area contributed by atoms with E-state index in [1.807, 2.05) is 0 Å². The summed E-state index contributed by atoms with van der Waals surface area (Å²) in [5.41, 5.74) is -1.35. The van der Waals surface area contributed by atoms with E-state index in [4.69, 9.17) is 16.3 Å². The third kappa shape index (κ3) is 5.44. The van der Waals surface area contributed by atoms with Crippen LogP contribution in [0.4, 0.5) is 13.2 Å². The first-order chi connectivity index (χ1) is 18.1. The summed E-state index contributed by atoms with van der Waals surface area (Å²) >= 11 is 6.40. The van der Waals surface area contributed by atoms with Crippen LogP contribution in [0.5, 0.6) is 5.75 Å². The first-order valence-corrected chi connectivity index (χ1v) is 12.3. The van der Waals surface area contributed by atoms with Gasteiger partial charge >= 0.3 is 0 Å². The summed E-state index contributed by atoms with van der Waals surface area (Å²) in [5.74, 6) is -2.67. The second-order valence-corrected chi connectivity index (χ2v) is 10.5. The fourth-order valence-electron chi connectivity index (χ4n) is 4.14. The van der Waals surface area contributed by atoms with E-state index in [1.165, 1.54) is 28.0 Å². The van der Waals surface area contributed by atoms with Gasteiger partial charge in [-0.1, -0.05) is 17.7 Å². The van der Waals surface area contributed by atoms with E-state index in [0.29, 0.717) is 17.3 Å². The minimum absolute atomic E-state index is 0.0853. The Morgan fingerprint density at radius 3 is 2.41 bits per heavy atom. The summed E-state index contributed by atoms with van der Waals surface area (Å²) in [7, 11) is 2.97. The minimum Gasteiger partial charge on any atom is -0.498 e. The number of aryl methyl sites for hydroxylation is 2. The van der Waals surface area contributed by atoms with E-state index in [0.717, 1.165) is 10.8 Å². The Kier molecular flexibility index (Phi) is 7.39. The number of hydrogen-bond donors (Lipinski definition) is 1. The van der Waals surface area contributed by atoms with Crippen LogP contribution in [0.15, 0.2) is 47.5 Å². The van der Waals surface area contributed by atoms with Crippen molar-refractivity contribution in [1.82, 2.24) is 19.5 Å². The molecular formula is C26H24B2ClF3N4O3. The van der Waals surface area contributed by atoms with Crippen molar-refractivity contribution in [1.29, 1.82) is 0 Å². The molecule has 4 heterocycles. The summed E-state index contributed by atoms with van der Waals surface area (Å²) in [5, 5.41) is 8.51. The van der Waals surface area contributed by atoms with Gasteiger partial charge in [0, 0.05) is 24.0 Å². The molecule has 0 aromatic carbocycles. The minimum atomic E-state index is -1.44. The summed E-state index contributed by atoms with van der Waals surface area (Å²) in [6.45, 7) is 6.26. The van der Waals surface area contributed by atoms with E-state index >= 15 is 4.39 Å². The van der Waals surface area contributed by atoms with Gasteiger partial charge in [-0.05, 0) is 45.4 Å². The molecule has 0 amide bonds. The predicted molar refractivity (Wildman–Crippen MR) is 146 cm³/mol. The normalized spacial score (nSPS) is 12.0. The maximum Gasteiger partial charge on any atom is 0.278 e. The Hall–Kier alpha value is -3.63. The number of hydrogen-bond acceptors (Lipinski definition) is 6. The van der Waals surface area contributed by atoms with E-state index in [1.54, 1.807) is 45.9 Å². The van der Waals surface area contributed by atoms with Gasteiger partial charge in [0.25, 0.3) is 5.56 Å². The van der Waals surface area contributed by atoms with E-state index in [9.17, 15) is 18.7 Å². The van der Waals surface area contributed by atoms with Crippen LogP contribution in [-0.2, 0) is 11.0 Å². The second-order valence-electron chi connectivity index (χ2n) is 10.1. The van der Waals surface area contributed by atoms with Crippen molar-refractivity contribution in [3.05, 3.63) is 98.2 Å². The molecule has 39 heavy (non-hydrogen) atoms. The molecule has 0 bridgehead atoms. The summed E-state index contributed by atoms with van der Waals surface area (Å²) in [4.78, 5) is 25.8. The van der Waals surface area contributed by atoms with Crippen molar-refractivity contribution in [3.8, 4) is 22.8 Å². The standard InChI is InChI=1S/C26H24B2ClF3N4O3/c1-12-10-33-21(16-6-5-7-18(35-16)25(3,4)38)20(32)22(12)36-13(2)8-17(19(29)24(36)37)39-26(27,28)23-15(31)9-14(30)11-34-23/h5-11,38H,27-28H2,1-4H3. The lowest BCUT2D eigenvalue weighted by Crippen LogP contribution is -2.37. The smallest absolute Gasteiger partial charge is 0.278 e. The zero-order chi connectivity index (χ0) is 28.9. The number of ether oxygens (including phenoxy) is 1. The summed E-state index contributed by atoms with van der Waals surface area (Å²) in [6, 6.07) is 6.87. The zero-order valence-electron chi connectivity index (χ0n) is 22.1. The maximum atomic E-state index is 16.0. The van der Waals surface area contributed by atoms with Crippen LogP contribution < -0.4 is 10.3 Å². The molecule has 200 valence electrons. The molecule has 0 spiro atoms.